The number of benzene rings is 2. The first-order chi connectivity index (χ1) is 12.6. The van der Waals surface area contributed by atoms with Crippen molar-refractivity contribution in [3.63, 3.8) is 0 Å². The fourth-order valence-electron chi connectivity index (χ4n) is 2.81. The monoisotopic (exact) mass is 418 g/mol. The summed E-state index contributed by atoms with van der Waals surface area (Å²) >= 11 is 3.37. The number of ether oxygens (including phenoxy) is 2. The Morgan fingerprint density at radius 2 is 1.85 bits per heavy atom. The van der Waals surface area contributed by atoms with E-state index in [4.69, 9.17) is 9.47 Å². The fraction of sp³-hybridized carbons (Fsp3) is 0.263. The summed E-state index contributed by atoms with van der Waals surface area (Å²) in [4.78, 5) is 26.8. The quantitative estimate of drug-likeness (QED) is 0.771. The molecule has 2 aromatic rings. The molecule has 0 atom stereocenters. The van der Waals surface area contributed by atoms with E-state index in [-0.39, 0.29) is 5.91 Å². The Morgan fingerprint density at radius 3 is 2.54 bits per heavy atom. The van der Waals surface area contributed by atoms with Crippen molar-refractivity contribution in [1.82, 2.24) is 0 Å². The fourth-order valence-corrected chi connectivity index (χ4v) is 3.28. The second kappa shape index (κ2) is 8.33. The molecule has 0 aliphatic carbocycles. The highest BCUT2D eigenvalue weighted by molar-refractivity contribution is 9.10. The zero-order valence-electron chi connectivity index (χ0n) is 14.3. The van der Waals surface area contributed by atoms with E-state index in [1.165, 1.54) is 7.11 Å². The molecule has 1 saturated heterocycles. The van der Waals surface area contributed by atoms with Crippen LogP contribution < -0.4 is 10.2 Å². The number of rotatable bonds is 4. The number of morpholine rings is 1. The van der Waals surface area contributed by atoms with Crippen LogP contribution in [0.4, 0.5) is 11.4 Å². The second-order valence-corrected chi connectivity index (χ2v) is 6.61. The van der Waals surface area contributed by atoms with Crippen LogP contribution in [0.2, 0.25) is 0 Å². The van der Waals surface area contributed by atoms with E-state index >= 15 is 0 Å². The Bertz CT molecular complexity index is 819. The third kappa shape index (κ3) is 4.05. The number of methoxy groups -OCH3 is 1. The molecular weight excluding hydrogens is 400 g/mol. The summed E-state index contributed by atoms with van der Waals surface area (Å²) in [5, 5.41) is 2.83. The van der Waals surface area contributed by atoms with Gasteiger partial charge in [0.05, 0.1) is 37.1 Å². The van der Waals surface area contributed by atoms with Crippen LogP contribution in [0.15, 0.2) is 46.9 Å². The number of amides is 1. The van der Waals surface area contributed by atoms with Gasteiger partial charge in [0.2, 0.25) is 0 Å². The maximum Gasteiger partial charge on any atom is 0.340 e. The van der Waals surface area contributed by atoms with Gasteiger partial charge in [0, 0.05) is 23.2 Å². The number of anilines is 2. The summed E-state index contributed by atoms with van der Waals surface area (Å²) < 4.78 is 11.0. The van der Waals surface area contributed by atoms with Crippen LogP contribution in [0.3, 0.4) is 0 Å². The van der Waals surface area contributed by atoms with Crippen molar-refractivity contribution in [2.75, 3.05) is 43.6 Å². The molecule has 0 aromatic heterocycles. The maximum absolute atomic E-state index is 12.5. The van der Waals surface area contributed by atoms with E-state index in [9.17, 15) is 9.59 Å². The van der Waals surface area contributed by atoms with E-state index < -0.39 is 5.97 Å². The molecule has 3 rings (SSSR count). The van der Waals surface area contributed by atoms with Crippen LogP contribution in [0.25, 0.3) is 0 Å². The predicted octanol–water partition coefficient (Wildman–Crippen LogP) is 3.32. The molecule has 1 fully saturated rings. The molecule has 1 heterocycles. The minimum Gasteiger partial charge on any atom is -0.465 e. The highest BCUT2D eigenvalue weighted by atomic mass is 79.9. The van der Waals surface area contributed by atoms with Crippen LogP contribution in [0, 0.1) is 0 Å². The molecule has 6 nitrogen and oxygen atoms in total. The number of nitrogens with zero attached hydrogens (tertiary/aromatic N) is 1. The van der Waals surface area contributed by atoms with Crippen molar-refractivity contribution in [2.24, 2.45) is 0 Å². The van der Waals surface area contributed by atoms with Gasteiger partial charge in [0.25, 0.3) is 5.91 Å². The predicted molar refractivity (Wildman–Crippen MR) is 103 cm³/mol. The molecule has 1 aliphatic rings. The molecule has 0 saturated carbocycles. The van der Waals surface area contributed by atoms with Crippen LogP contribution in [0.5, 0.6) is 0 Å². The van der Waals surface area contributed by atoms with Crippen LogP contribution >= 0.6 is 15.9 Å². The lowest BCUT2D eigenvalue weighted by Gasteiger charge is -2.30. The number of esters is 1. The first-order valence-electron chi connectivity index (χ1n) is 8.21. The molecule has 7 heteroatoms. The summed E-state index contributed by atoms with van der Waals surface area (Å²) in [6.45, 7) is 2.63. The molecule has 0 spiro atoms. The third-order valence-corrected chi connectivity index (χ3v) is 4.82. The molecule has 0 bridgehead atoms. The first kappa shape index (κ1) is 18.4. The topological polar surface area (TPSA) is 67.9 Å². The molecular formula is C19H19BrN2O4. The smallest absolute Gasteiger partial charge is 0.340 e. The molecule has 26 heavy (non-hydrogen) atoms. The Kier molecular flexibility index (Phi) is 5.90. The summed E-state index contributed by atoms with van der Waals surface area (Å²) in [6.07, 6.45) is 0. The molecule has 1 N–H and O–H groups in total. The average Bonchev–Trinajstić information content (AvgIpc) is 2.68. The lowest BCUT2D eigenvalue weighted by Crippen LogP contribution is -2.37. The van der Waals surface area contributed by atoms with Gasteiger partial charge in [0.1, 0.15) is 0 Å². The summed E-state index contributed by atoms with van der Waals surface area (Å²) in [7, 11) is 1.35. The largest absolute Gasteiger partial charge is 0.465 e. The van der Waals surface area contributed by atoms with Gasteiger partial charge >= 0.3 is 5.97 Å². The van der Waals surface area contributed by atoms with Crippen molar-refractivity contribution in [3.05, 3.63) is 58.1 Å². The van der Waals surface area contributed by atoms with E-state index in [0.29, 0.717) is 47.6 Å². The number of carbonyl (C=O) groups excluding carboxylic acids is 2. The van der Waals surface area contributed by atoms with E-state index in [1.807, 2.05) is 12.1 Å². The van der Waals surface area contributed by atoms with Crippen LogP contribution in [-0.4, -0.2) is 45.3 Å². The number of hydrogen-bond acceptors (Lipinski definition) is 5. The van der Waals surface area contributed by atoms with Gasteiger partial charge < -0.3 is 19.7 Å². The van der Waals surface area contributed by atoms with Crippen molar-refractivity contribution in [3.8, 4) is 0 Å². The molecule has 1 amide bonds. The molecule has 0 unspecified atom stereocenters. The van der Waals surface area contributed by atoms with E-state index in [2.05, 4.69) is 26.1 Å². The normalized spacial score (nSPS) is 14.0. The van der Waals surface area contributed by atoms with Gasteiger partial charge in [-0.05, 0) is 46.3 Å². The molecule has 1 aliphatic heterocycles. The highest BCUT2D eigenvalue weighted by Gasteiger charge is 2.20. The van der Waals surface area contributed by atoms with Gasteiger partial charge in [-0.25, -0.2) is 4.79 Å². The van der Waals surface area contributed by atoms with Crippen molar-refractivity contribution < 1.29 is 19.1 Å². The highest BCUT2D eigenvalue weighted by Crippen LogP contribution is 2.27. The zero-order chi connectivity index (χ0) is 18.5. The summed E-state index contributed by atoms with van der Waals surface area (Å²) in [5.74, 6) is -0.698. The standard InChI is InChI=1S/C19H19BrN2O4/c1-25-19(24)15-12-13(6-7-17(15)22-8-10-26-11-9-22)21-18(23)14-4-2-3-5-16(14)20/h2-7,12H,8-11H2,1H3,(H,21,23). The van der Waals surface area contributed by atoms with Crippen molar-refractivity contribution >= 4 is 39.2 Å². The molecule has 0 radical (unpaired) electrons. The lowest BCUT2D eigenvalue weighted by atomic mass is 10.1. The van der Waals surface area contributed by atoms with E-state index in [1.54, 1.807) is 30.3 Å². The SMILES string of the molecule is COC(=O)c1cc(NC(=O)c2ccccc2Br)ccc1N1CCOCC1. The van der Waals surface area contributed by atoms with Crippen LogP contribution in [0.1, 0.15) is 20.7 Å². The van der Waals surface area contributed by atoms with Gasteiger partial charge in [0.15, 0.2) is 0 Å². The maximum atomic E-state index is 12.5. The number of nitrogens with one attached hydrogen (secondary N) is 1. The number of hydrogen-bond donors (Lipinski definition) is 1. The number of halogens is 1. The van der Waals surface area contributed by atoms with E-state index in [0.717, 1.165) is 5.69 Å². The zero-order valence-corrected chi connectivity index (χ0v) is 15.9. The number of carbonyl (C=O) groups is 2. The first-order valence-corrected chi connectivity index (χ1v) is 9.00. The van der Waals surface area contributed by atoms with Gasteiger partial charge in [-0.2, -0.15) is 0 Å². The minimum atomic E-state index is -0.441. The van der Waals surface area contributed by atoms with Crippen LogP contribution in [-0.2, 0) is 9.47 Å². The summed E-state index contributed by atoms with van der Waals surface area (Å²) in [5.41, 5.74) is 2.24. The molecule has 136 valence electrons. The third-order valence-electron chi connectivity index (χ3n) is 4.13. The van der Waals surface area contributed by atoms with Crippen molar-refractivity contribution in [1.29, 1.82) is 0 Å². The lowest BCUT2D eigenvalue weighted by molar-refractivity contribution is 0.0600. The van der Waals surface area contributed by atoms with Gasteiger partial charge in [-0.3, -0.25) is 4.79 Å². The Labute approximate surface area is 160 Å². The Morgan fingerprint density at radius 1 is 1.12 bits per heavy atom. The summed E-state index contributed by atoms with van der Waals surface area (Å²) in [6, 6.07) is 12.4. The minimum absolute atomic E-state index is 0.257. The van der Waals surface area contributed by atoms with Crippen molar-refractivity contribution in [2.45, 2.75) is 0 Å². The second-order valence-electron chi connectivity index (χ2n) is 5.76. The Hall–Kier alpha value is -2.38. The average molecular weight is 419 g/mol. The van der Waals surface area contributed by atoms with Gasteiger partial charge in [-0.1, -0.05) is 12.1 Å². The molecule has 2 aromatic carbocycles. The van der Waals surface area contributed by atoms with Gasteiger partial charge in [-0.15, -0.1) is 0 Å². The Balaban J connectivity index is 1.87.